The first kappa shape index (κ1) is 23.7. The molecule has 1 aliphatic heterocycles. The quantitative estimate of drug-likeness (QED) is 0.425. The maximum atomic E-state index is 13.0. The highest BCUT2D eigenvalue weighted by atomic mass is 79.9. The first-order valence-corrected chi connectivity index (χ1v) is 12.3. The number of carbonyl (C=O) groups is 2. The van der Waals surface area contributed by atoms with Crippen LogP contribution in [0.4, 0.5) is 0 Å². The van der Waals surface area contributed by atoms with Crippen LogP contribution in [0.2, 0.25) is 0 Å². The standard InChI is InChI=1S/C27H23BrN4O4/c28-21-11-9-20(10-12-21)26(35)31-15-13-30(14-16-31)25(34)19-7-5-18(6-8-19)17-32-23-4-2-1-3-22(23)24(33)29-27(32)36/h1-12H,13-17H2,(H,29,33,36). The lowest BCUT2D eigenvalue weighted by molar-refractivity contribution is 0.0535. The molecule has 0 spiro atoms. The monoisotopic (exact) mass is 546 g/mol. The maximum Gasteiger partial charge on any atom is 0.329 e. The van der Waals surface area contributed by atoms with Gasteiger partial charge < -0.3 is 9.80 Å². The third-order valence-electron chi connectivity index (χ3n) is 6.39. The molecule has 1 aliphatic rings. The highest BCUT2D eigenvalue weighted by molar-refractivity contribution is 9.10. The number of amides is 2. The van der Waals surface area contributed by atoms with Crippen molar-refractivity contribution in [3.63, 3.8) is 0 Å². The molecule has 2 heterocycles. The minimum Gasteiger partial charge on any atom is -0.335 e. The van der Waals surface area contributed by atoms with Gasteiger partial charge >= 0.3 is 5.69 Å². The van der Waals surface area contributed by atoms with Gasteiger partial charge in [0, 0.05) is 41.8 Å². The zero-order chi connectivity index (χ0) is 25.2. The van der Waals surface area contributed by atoms with Gasteiger partial charge in [0.2, 0.25) is 0 Å². The summed E-state index contributed by atoms with van der Waals surface area (Å²) in [6, 6.07) is 21.3. The Bertz CT molecular complexity index is 1550. The summed E-state index contributed by atoms with van der Waals surface area (Å²) < 4.78 is 2.43. The molecule has 0 radical (unpaired) electrons. The van der Waals surface area contributed by atoms with Crippen molar-refractivity contribution in [3.05, 3.63) is 115 Å². The van der Waals surface area contributed by atoms with E-state index in [1.807, 2.05) is 24.3 Å². The van der Waals surface area contributed by atoms with Crippen molar-refractivity contribution in [1.82, 2.24) is 19.4 Å². The van der Waals surface area contributed by atoms with E-state index in [9.17, 15) is 19.2 Å². The van der Waals surface area contributed by atoms with E-state index in [0.717, 1.165) is 10.0 Å². The van der Waals surface area contributed by atoms with E-state index in [4.69, 9.17) is 0 Å². The van der Waals surface area contributed by atoms with Crippen molar-refractivity contribution in [2.24, 2.45) is 0 Å². The summed E-state index contributed by atoms with van der Waals surface area (Å²) >= 11 is 3.38. The molecule has 0 aliphatic carbocycles. The van der Waals surface area contributed by atoms with Crippen LogP contribution < -0.4 is 11.2 Å². The van der Waals surface area contributed by atoms with Crippen LogP contribution in [0.15, 0.2) is 86.9 Å². The largest absolute Gasteiger partial charge is 0.335 e. The molecule has 1 saturated heterocycles. The molecule has 3 aromatic carbocycles. The minimum atomic E-state index is -0.477. The van der Waals surface area contributed by atoms with Gasteiger partial charge in [-0.3, -0.25) is 23.9 Å². The second kappa shape index (κ2) is 9.94. The number of benzene rings is 3. The summed E-state index contributed by atoms with van der Waals surface area (Å²) in [7, 11) is 0. The van der Waals surface area contributed by atoms with E-state index in [-0.39, 0.29) is 18.4 Å². The van der Waals surface area contributed by atoms with Crippen molar-refractivity contribution in [2.45, 2.75) is 6.54 Å². The molecule has 0 bridgehead atoms. The van der Waals surface area contributed by atoms with Gasteiger partial charge in [0.25, 0.3) is 17.4 Å². The lowest BCUT2D eigenvalue weighted by atomic mass is 10.1. The molecule has 2 amide bonds. The summed E-state index contributed by atoms with van der Waals surface area (Å²) in [5.74, 6) is -0.132. The molecule has 36 heavy (non-hydrogen) atoms. The normalized spacial score (nSPS) is 13.7. The second-order valence-electron chi connectivity index (χ2n) is 8.65. The van der Waals surface area contributed by atoms with Crippen LogP contribution >= 0.6 is 15.9 Å². The maximum absolute atomic E-state index is 13.0. The summed E-state index contributed by atoms with van der Waals surface area (Å²) in [6.45, 7) is 2.13. The van der Waals surface area contributed by atoms with Crippen LogP contribution in [-0.2, 0) is 6.54 Å². The first-order chi connectivity index (χ1) is 17.4. The number of halogens is 1. The third kappa shape index (κ3) is 4.74. The Balaban J connectivity index is 1.25. The lowest BCUT2D eigenvalue weighted by Crippen LogP contribution is -2.50. The van der Waals surface area contributed by atoms with Gasteiger partial charge in [-0.25, -0.2) is 4.79 Å². The van der Waals surface area contributed by atoms with E-state index in [2.05, 4.69) is 20.9 Å². The molecule has 5 rings (SSSR count). The number of nitrogens with zero attached hydrogens (tertiary/aromatic N) is 3. The van der Waals surface area contributed by atoms with Crippen molar-refractivity contribution in [1.29, 1.82) is 0 Å². The molecular weight excluding hydrogens is 524 g/mol. The van der Waals surface area contributed by atoms with Crippen LogP contribution in [0, 0.1) is 0 Å². The number of piperazine rings is 1. The SMILES string of the molecule is O=C(c1ccc(Br)cc1)N1CCN(C(=O)c2ccc(Cn3c(=O)[nH]c(=O)c4ccccc43)cc2)CC1. The molecule has 4 aromatic rings. The van der Waals surface area contributed by atoms with Crippen LogP contribution in [0.3, 0.4) is 0 Å². The predicted molar refractivity (Wildman–Crippen MR) is 140 cm³/mol. The summed E-state index contributed by atoms with van der Waals surface area (Å²) in [5, 5.41) is 0.446. The Kier molecular flexibility index (Phi) is 6.56. The lowest BCUT2D eigenvalue weighted by Gasteiger charge is -2.35. The Morgan fingerprint density at radius 3 is 1.86 bits per heavy atom. The number of hydrogen-bond acceptors (Lipinski definition) is 4. The van der Waals surface area contributed by atoms with Gasteiger partial charge in [0.05, 0.1) is 17.4 Å². The van der Waals surface area contributed by atoms with E-state index in [1.165, 1.54) is 4.57 Å². The number of carbonyl (C=O) groups excluding carboxylic acids is 2. The van der Waals surface area contributed by atoms with E-state index in [1.54, 1.807) is 58.3 Å². The average molecular weight is 547 g/mol. The minimum absolute atomic E-state index is 0.0380. The Morgan fingerprint density at radius 2 is 1.28 bits per heavy atom. The summed E-state index contributed by atoms with van der Waals surface area (Å²) in [6.07, 6.45) is 0. The van der Waals surface area contributed by atoms with Crippen molar-refractivity contribution >= 4 is 38.6 Å². The molecule has 8 nitrogen and oxygen atoms in total. The number of H-pyrrole nitrogens is 1. The van der Waals surface area contributed by atoms with E-state index >= 15 is 0 Å². The third-order valence-corrected chi connectivity index (χ3v) is 6.92. The molecule has 182 valence electrons. The fraction of sp³-hybridized carbons (Fsp3) is 0.185. The Labute approximate surface area is 214 Å². The predicted octanol–water partition coefficient (Wildman–Crippen LogP) is 3.10. The van der Waals surface area contributed by atoms with Crippen LogP contribution in [-0.4, -0.2) is 57.3 Å². The fourth-order valence-electron chi connectivity index (χ4n) is 4.40. The average Bonchev–Trinajstić information content (AvgIpc) is 2.91. The molecule has 9 heteroatoms. The van der Waals surface area contributed by atoms with Crippen LogP contribution in [0.5, 0.6) is 0 Å². The van der Waals surface area contributed by atoms with E-state index in [0.29, 0.717) is 48.2 Å². The van der Waals surface area contributed by atoms with Crippen molar-refractivity contribution < 1.29 is 9.59 Å². The molecule has 0 atom stereocenters. The highest BCUT2D eigenvalue weighted by Crippen LogP contribution is 2.16. The number of rotatable bonds is 4. The molecule has 0 unspecified atom stereocenters. The molecule has 1 N–H and O–H groups in total. The molecule has 1 aromatic heterocycles. The number of nitrogens with one attached hydrogen (secondary N) is 1. The van der Waals surface area contributed by atoms with Crippen molar-refractivity contribution in [3.8, 4) is 0 Å². The zero-order valence-corrected chi connectivity index (χ0v) is 20.9. The van der Waals surface area contributed by atoms with Gasteiger partial charge in [-0.2, -0.15) is 0 Å². The zero-order valence-electron chi connectivity index (χ0n) is 19.3. The van der Waals surface area contributed by atoms with Gasteiger partial charge in [0.15, 0.2) is 0 Å². The number of aromatic nitrogens is 2. The summed E-state index contributed by atoms with van der Waals surface area (Å²) in [5.41, 5.74) is 1.67. The van der Waals surface area contributed by atoms with Crippen LogP contribution in [0.1, 0.15) is 26.3 Å². The smallest absolute Gasteiger partial charge is 0.329 e. The molecular formula is C27H23BrN4O4. The first-order valence-electron chi connectivity index (χ1n) is 11.6. The Hall–Kier alpha value is -3.98. The van der Waals surface area contributed by atoms with Gasteiger partial charge in [-0.1, -0.05) is 40.2 Å². The number of aromatic amines is 1. The summed E-state index contributed by atoms with van der Waals surface area (Å²) in [4.78, 5) is 56.2. The highest BCUT2D eigenvalue weighted by Gasteiger charge is 2.25. The molecule has 1 fully saturated rings. The second-order valence-corrected chi connectivity index (χ2v) is 9.57. The van der Waals surface area contributed by atoms with Gasteiger partial charge in [-0.15, -0.1) is 0 Å². The van der Waals surface area contributed by atoms with Gasteiger partial charge in [-0.05, 0) is 54.1 Å². The Morgan fingerprint density at radius 1 is 0.750 bits per heavy atom. The topological polar surface area (TPSA) is 95.5 Å². The van der Waals surface area contributed by atoms with E-state index < -0.39 is 11.2 Å². The van der Waals surface area contributed by atoms with Gasteiger partial charge in [0.1, 0.15) is 0 Å². The van der Waals surface area contributed by atoms with Crippen LogP contribution in [0.25, 0.3) is 10.9 Å². The number of hydrogen-bond donors (Lipinski definition) is 1. The van der Waals surface area contributed by atoms with Crippen molar-refractivity contribution in [2.75, 3.05) is 26.2 Å². The molecule has 0 saturated carbocycles. The number of para-hydroxylation sites is 1. The number of fused-ring (bicyclic) bond motifs is 1. The fourth-order valence-corrected chi connectivity index (χ4v) is 4.67.